The maximum Gasteiger partial charge on any atom is 0.309 e. The van der Waals surface area contributed by atoms with E-state index in [1.54, 1.807) is 21.8 Å². The summed E-state index contributed by atoms with van der Waals surface area (Å²) in [5.41, 5.74) is 0. The zero-order valence-electron chi connectivity index (χ0n) is 14.4. The van der Waals surface area contributed by atoms with Crippen molar-refractivity contribution in [1.82, 2.24) is 14.9 Å². The van der Waals surface area contributed by atoms with Crippen molar-refractivity contribution >= 4 is 33.2 Å². The third kappa shape index (κ3) is 5.26. The van der Waals surface area contributed by atoms with Gasteiger partial charge in [-0.15, -0.1) is 11.3 Å². The summed E-state index contributed by atoms with van der Waals surface area (Å²) >= 11 is 1.21. The summed E-state index contributed by atoms with van der Waals surface area (Å²) in [5, 5.41) is 6.84. The first kappa shape index (κ1) is 19.9. The van der Waals surface area contributed by atoms with Gasteiger partial charge in [0.15, 0.2) is 0 Å². The Morgan fingerprint density at radius 2 is 1.96 bits per heavy atom. The van der Waals surface area contributed by atoms with Crippen LogP contribution in [0.2, 0.25) is 0 Å². The lowest BCUT2D eigenvalue weighted by Gasteiger charge is -2.34. The molecule has 2 heterocycles. The summed E-state index contributed by atoms with van der Waals surface area (Å²) < 4.78 is 27.4. The lowest BCUT2D eigenvalue weighted by Crippen LogP contribution is -2.46. The highest BCUT2D eigenvalue weighted by molar-refractivity contribution is 7.91. The van der Waals surface area contributed by atoms with Gasteiger partial charge in [-0.05, 0) is 37.1 Å². The molecule has 2 rings (SSSR count). The summed E-state index contributed by atoms with van der Waals surface area (Å²) in [6.45, 7) is 3.14. The van der Waals surface area contributed by atoms with Gasteiger partial charge in [-0.1, -0.05) is 19.4 Å². The molecular formula is C16H25N3O4S2. The van der Waals surface area contributed by atoms with Crippen LogP contribution in [0.3, 0.4) is 0 Å². The quantitative estimate of drug-likeness (QED) is 0.690. The topological polar surface area (TPSA) is 95.6 Å². The maximum atomic E-state index is 12.8. The Morgan fingerprint density at radius 3 is 2.60 bits per heavy atom. The molecule has 9 heteroatoms. The minimum Gasteiger partial charge on any atom is -0.348 e. The molecule has 1 aromatic heterocycles. The Hall–Kier alpha value is -1.45. The number of amides is 2. The van der Waals surface area contributed by atoms with Gasteiger partial charge < -0.3 is 10.6 Å². The SMILES string of the molecule is CCCNC(=O)C(=O)NCCC1CCCCN1S(=O)(=O)c1cccs1. The van der Waals surface area contributed by atoms with E-state index in [1.807, 2.05) is 6.92 Å². The standard InChI is InChI=1S/C16H25N3O4S2/c1-2-9-17-15(20)16(21)18-10-8-13-6-3-4-11-19(13)25(22,23)14-7-5-12-24-14/h5,7,12-13H,2-4,6,8-11H2,1H3,(H,17,20)(H,18,21). The van der Waals surface area contributed by atoms with E-state index in [9.17, 15) is 18.0 Å². The molecule has 0 radical (unpaired) electrons. The number of hydrogen-bond acceptors (Lipinski definition) is 5. The van der Waals surface area contributed by atoms with Gasteiger partial charge in [0.1, 0.15) is 4.21 Å². The summed E-state index contributed by atoms with van der Waals surface area (Å²) in [5.74, 6) is -1.31. The smallest absolute Gasteiger partial charge is 0.309 e. The van der Waals surface area contributed by atoms with E-state index in [0.717, 1.165) is 25.7 Å². The normalized spacial score (nSPS) is 18.7. The van der Waals surface area contributed by atoms with E-state index < -0.39 is 21.8 Å². The molecule has 1 saturated heterocycles. The fraction of sp³-hybridized carbons (Fsp3) is 0.625. The number of nitrogens with one attached hydrogen (secondary N) is 2. The van der Waals surface area contributed by atoms with Crippen molar-refractivity contribution in [3.05, 3.63) is 17.5 Å². The second-order valence-corrected chi connectivity index (χ2v) is 9.06. The zero-order chi connectivity index (χ0) is 18.3. The van der Waals surface area contributed by atoms with Crippen LogP contribution in [0, 0.1) is 0 Å². The van der Waals surface area contributed by atoms with Crippen molar-refractivity contribution in [1.29, 1.82) is 0 Å². The highest BCUT2D eigenvalue weighted by Crippen LogP contribution is 2.28. The molecule has 0 aliphatic carbocycles. The number of rotatable bonds is 7. The molecule has 2 N–H and O–H groups in total. The molecule has 1 aromatic rings. The number of thiophene rings is 1. The molecule has 1 atom stereocenters. The molecule has 0 saturated carbocycles. The number of hydrogen-bond donors (Lipinski definition) is 2. The molecule has 1 aliphatic heterocycles. The summed E-state index contributed by atoms with van der Waals surface area (Å²) in [7, 11) is -3.49. The number of carbonyl (C=O) groups is 2. The second-order valence-electron chi connectivity index (χ2n) is 6.00. The molecule has 7 nitrogen and oxygen atoms in total. The Balaban J connectivity index is 1.91. The largest absolute Gasteiger partial charge is 0.348 e. The van der Waals surface area contributed by atoms with Crippen LogP contribution in [-0.2, 0) is 19.6 Å². The Bertz CT molecular complexity index is 674. The van der Waals surface area contributed by atoms with E-state index in [-0.39, 0.29) is 12.6 Å². The van der Waals surface area contributed by atoms with E-state index in [4.69, 9.17) is 0 Å². The van der Waals surface area contributed by atoms with Gasteiger partial charge in [-0.3, -0.25) is 9.59 Å². The Labute approximate surface area is 152 Å². The number of carbonyl (C=O) groups excluding carboxylic acids is 2. The number of sulfonamides is 1. The van der Waals surface area contributed by atoms with Crippen molar-refractivity contribution < 1.29 is 18.0 Å². The van der Waals surface area contributed by atoms with Crippen LogP contribution in [-0.4, -0.2) is 50.2 Å². The van der Waals surface area contributed by atoms with Crippen LogP contribution in [0.15, 0.2) is 21.7 Å². The van der Waals surface area contributed by atoms with Crippen molar-refractivity contribution in [2.75, 3.05) is 19.6 Å². The Morgan fingerprint density at radius 1 is 1.24 bits per heavy atom. The molecule has 0 bridgehead atoms. The monoisotopic (exact) mass is 387 g/mol. The third-order valence-corrected chi connectivity index (χ3v) is 7.46. The first-order chi connectivity index (χ1) is 12.0. The lowest BCUT2D eigenvalue weighted by molar-refractivity contribution is -0.139. The number of piperidine rings is 1. The van der Waals surface area contributed by atoms with Crippen molar-refractivity contribution in [3.63, 3.8) is 0 Å². The average Bonchev–Trinajstić information content (AvgIpc) is 3.15. The van der Waals surface area contributed by atoms with Gasteiger partial charge >= 0.3 is 11.8 Å². The van der Waals surface area contributed by atoms with E-state index in [1.165, 1.54) is 11.3 Å². The van der Waals surface area contributed by atoms with Gasteiger partial charge in [0.25, 0.3) is 10.0 Å². The van der Waals surface area contributed by atoms with Crippen LogP contribution in [0.4, 0.5) is 0 Å². The molecule has 0 spiro atoms. The van der Waals surface area contributed by atoms with E-state index in [0.29, 0.717) is 23.7 Å². The third-order valence-electron chi connectivity index (χ3n) is 4.14. The Kier molecular flexibility index (Phi) is 7.39. The summed E-state index contributed by atoms with van der Waals surface area (Å²) in [6, 6.07) is 3.19. The molecule has 1 unspecified atom stereocenters. The molecule has 1 aliphatic rings. The molecule has 25 heavy (non-hydrogen) atoms. The fourth-order valence-electron chi connectivity index (χ4n) is 2.86. The molecule has 2 amide bonds. The predicted octanol–water partition coefficient (Wildman–Crippen LogP) is 1.32. The van der Waals surface area contributed by atoms with Gasteiger partial charge in [-0.2, -0.15) is 4.31 Å². The lowest BCUT2D eigenvalue weighted by atomic mass is 10.0. The maximum absolute atomic E-state index is 12.8. The van der Waals surface area contributed by atoms with E-state index in [2.05, 4.69) is 10.6 Å². The second kappa shape index (κ2) is 9.30. The minimum absolute atomic E-state index is 0.153. The first-order valence-corrected chi connectivity index (χ1v) is 10.9. The van der Waals surface area contributed by atoms with Crippen LogP contribution in [0.25, 0.3) is 0 Å². The van der Waals surface area contributed by atoms with Crippen molar-refractivity contribution in [2.24, 2.45) is 0 Å². The van der Waals surface area contributed by atoms with Crippen LogP contribution >= 0.6 is 11.3 Å². The van der Waals surface area contributed by atoms with Gasteiger partial charge in [0.05, 0.1) is 0 Å². The average molecular weight is 388 g/mol. The minimum atomic E-state index is -3.49. The van der Waals surface area contributed by atoms with Crippen LogP contribution in [0.1, 0.15) is 39.0 Å². The molecule has 1 fully saturated rings. The zero-order valence-corrected chi connectivity index (χ0v) is 16.0. The molecule has 0 aromatic carbocycles. The van der Waals surface area contributed by atoms with Crippen molar-refractivity contribution in [3.8, 4) is 0 Å². The van der Waals surface area contributed by atoms with Crippen LogP contribution < -0.4 is 10.6 Å². The summed E-state index contributed by atoms with van der Waals surface area (Å²) in [6.07, 6.45) is 3.83. The molecular weight excluding hydrogens is 362 g/mol. The van der Waals surface area contributed by atoms with Crippen LogP contribution in [0.5, 0.6) is 0 Å². The molecule has 140 valence electrons. The predicted molar refractivity (Wildman–Crippen MR) is 96.8 cm³/mol. The van der Waals surface area contributed by atoms with Gasteiger partial charge in [-0.25, -0.2) is 8.42 Å². The first-order valence-electron chi connectivity index (χ1n) is 8.58. The van der Waals surface area contributed by atoms with E-state index >= 15 is 0 Å². The summed E-state index contributed by atoms with van der Waals surface area (Å²) in [4.78, 5) is 23.2. The fourth-order valence-corrected chi connectivity index (χ4v) is 5.70. The highest BCUT2D eigenvalue weighted by Gasteiger charge is 2.33. The van der Waals surface area contributed by atoms with Crippen molar-refractivity contribution in [2.45, 2.75) is 49.3 Å². The number of nitrogens with zero attached hydrogens (tertiary/aromatic N) is 1. The highest BCUT2D eigenvalue weighted by atomic mass is 32.2. The van der Waals surface area contributed by atoms with Gasteiger partial charge in [0, 0.05) is 25.7 Å². The van der Waals surface area contributed by atoms with Gasteiger partial charge in [0.2, 0.25) is 0 Å².